The Bertz CT molecular complexity index is 1090. The van der Waals surface area contributed by atoms with Crippen LogP contribution in [0.1, 0.15) is 16.1 Å². The molecule has 132 valence electrons. The van der Waals surface area contributed by atoms with E-state index in [-0.39, 0.29) is 16.5 Å². The van der Waals surface area contributed by atoms with Crippen molar-refractivity contribution in [2.75, 3.05) is 5.32 Å². The number of halogens is 1. The first-order valence-electron chi connectivity index (χ1n) is 7.66. The third kappa shape index (κ3) is 3.50. The highest BCUT2D eigenvalue weighted by atomic mass is 79.9. The lowest BCUT2D eigenvalue weighted by molar-refractivity contribution is -0.117. The van der Waals surface area contributed by atoms with Gasteiger partial charge in [-0.3, -0.25) is 9.59 Å². The highest BCUT2D eigenvalue weighted by Crippen LogP contribution is 2.23. The summed E-state index contributed by atoms with van der Waals surface area (Å²) in [6.45, 7) is 1.52. The van der Waals surface area contributed by atoms with Crippen molar-refractivity contribution in [3.05, 3.63) is 68.5 Å². The maximum atomic E-state index is 12.5. The summed E-state index contributed by atoms with van der Waals surface area (Å²) in [5.41, 5.74) is 0.773. The Morgan fingerprint density at radius 2 is 1.88 bits per heavy atom. The van der Waals surface area contributed by atoms with Crippen LogP contribution in [0, 0.1) is 6.92 Å². The van der Waals surface area contributed by atoms with Crippen molar-refractivity contribution in [2.24, 2.45) is 0 Å². The molecule has 0 bridgehead atoms. The van der Waals surface area contributed by atoms with E-state index in [2.05, 4.69) is 26.3 Å². The molecular weight excluding hydrogens is 402 g/mol. The predicted molar refractivity (Wildman–Crippen MR) is 100 cm³/mol. The van der Waals surface area contributed by atoms with Gasteiger partial charge in [0.2, 0.25) is 5.91 Å². The normalized spacial score (nSPS) is 10.7. The van der Waals surface area contributed by atoms with Crippen LogP contribution in [0.25, 0.3) is 10.8 Å². The van der Waals surface area contributed by atoms with Crippen LogP contribution < -0.4 is 10.9 Å². The summed E-state index contributed by atoms with van der Waals surface area (Å²) >= 11 is 3.36. The second kappa shape index (κ2) is 7.09. The first-order chi connectivity index (χ1) is 12.4. The minimum atomic E-state index is -1.27. The SMILES string of the molecule is Cc1ccc(NC(=O)Cn2nc(C(=O)O)c3ccccc3c2=O)c(Br)c1. The molecule has 0 spiro atoms. The number of carboxylic acid groups (broad SMARTS) is 1. The number of aryl methyl sites for hydroxylation is 1. The molecule has 26 heavy (non-hydrogen) atoms. The van der Waals surface area contributed by atoms with Crippen LogP contribution in [-0.2, 0) is 11.3 Å². The van der Waals surface area contributed by atoms with Crippen molar-refractivity contribution in [1.82, 2.24) is 9.78 Å². The van der Waals surface area contributed by atoms with E-state index in [0.717, 1.165) is 10.2 Å². The van der Waals surface area contributed by atoms with Gasteiger partial charge in [0.05, 0.1) is 11.1 Å². The average molecular weight is 416 g/mol. The monoisotopic (exact) mass is 415 g/mol. The molecule has 0 fully saturated rings. The smallest absolute Gasteiger partial charge is 0.357 e. The van der Waals surface area contributed by atoms with E-state index >= 15 is 0 Å². The zero-order valence-electron chi connectivity index (χ0n) is 13.7. The summed E-state index contributed by atoms with van der Waals surface area (Å²) in [5, 5.41) is 16.3. The minimum Gasteiger partial charge on any atom is -0.476 e. The van der Waals surface area contributed by atoms with Crippen molar-refractivity contribution in [2.45, 2.75) is 13.5 Å². The molecule has 2 aromatic carbocycles. The lowest BCUT2D eigenvalue weighted by atomic mass is 10.1. The molecule has 1 aromatic heterocycles. The van der Waals surface area contributed by atoms with Gasteiger partial charge in [0.1, 0.15) is 6.54 Å². The number of fused-ring (bicyclic) bond motifs is 1. The molecule has 2 N–H and O–H groups in total. The number of carboxylic acids is 1. The zero-order valence-corrected chi connectivity index (χ0v) is 15.3. The topological polar surface area (TPSA) is 101 Å². The van der Waals surface area contributed by atoms with Gasteiger partial charge < -0.3 is 10.4 Å². The molecule has 0 aliphatic carbocycles. The standard InChI is InChI=1S/C18H14BrN3O4/c1-10-6-7-14(13(19)8-10)20-15(23)9-22-17(24)12-5-3-2-4-11(12)16(21-22)18(25)26/h2-8H,9H2,1H3,(H,20,23)(H,25,26). The number of carbonyl (C=O) groups excluding carboxylic acids is 1. The Hall–Kier alpha value is -3.00. The van der Waals surface area contributed by atoms with E-state index in [0.29, 0.717) is 10.2 Å². The Kier molecular flexibility index (Phi) is 4.85. The average Bonchev–Trinajstić information content (AvgIpc) is 2.59. The van der Waals surface area contributed by atoms with E-state index in [1.54, 1.807) is 18.2 Å². The molecule has 0 atom stereocenters. The van der Waals surface area contributed by atoms with E-state index in [1.165, 1.54) is 12.1 Å². The number of nitrogens with one attached hydrogen (secondary N) is 1. The maximum Gasteiger partial charge on any atom is 0.357 e. The minimum absolute atomic E-state index is 0.198. The molecule has 0 saturated carbocycles. The van der Waals surface area contributed by atoms with Crippen LogP contribution in [0.2, 0.25) is 0 Å². The number of carbonyl (C=O) groups is 2. The van der Waals surface area contributed by atoms with Gasteiger partial charge in [-0.15, -0.1) is 0 Å². The molecule has 3 rings (SSSR count). The second-order valence-electron chi connectivity index (χ2n) is 5.69. The van der Waals surface area contributed by atoms with Crippen LogP contribution in [-0.4, -0.2) is 26.8 Å². The number of hydrogen-bond donors (Lipinski definition) is 2. The fourth-order valence-electron chi connectivity index (χ4n) is 2.55. The lowest BCUT2D eigenvalue weighted by Gasteiger charge is -2.10. The first-order valence-corrected chi connectivity index (χ1v) is 8.45. The first kappa shape index (κ1) is 17.8. The molecule has 0 radical (unpaired) electrons. The second-order valence-corrected chi connectivity index (χ2v) is 6.55. The number of aromatic carboxylic acids is 1. The molecule has 0 unspecified atom stereocenters. The van der Waals surface area contributed by atoms with Crippen LogP contribution in [0.4, 0.5) is 5.69 Å². The fourth-order valence-corrected chi connectivity index (χ4v) is 3.14. The third-order valence-electron chi connectivity index (χ3n) is 3.76. The van der Waals surface area contributed by atoms with Gasteiger partial charge in [0.25, 0.3) is 5.56 Å². The molecular formula is C18H14BrN3O4. The molecule has 8 heteroatoms. The molecule has 1 amide bonds. The lowest BCUT2D eigenvalue weighted by Crippen LogP contribution is -2.31. The van der Waals surface area contributed by atoms with Crippen molar-refractivity contribution >= 4 is 44.3 Å². The molecule has 0 aliphatic heterocycles. The maximum absolute atomic E-state index is 12.5. The van der Waals surface area contributed by atoms with E-state index < -0.39 is 24.0 Å². The van der Waals surface area contributed by atoms with Crippen molar-refractivity contribution < 1.29 is 14.7 Å². The summed E-state index contributed by atoms with van der Waals surface area (Å²) in [7, 11) is 0. The highest BCUT2D eigenvalue weighted by molar-refractivity contribution is 9.10. The van der Waals surface area contributed by atoms with Crippen LogP contribution in [0.5, 0.6) is 0 Å². The third-order valence-corrected chi connectivity index (χ3v) is 4.42. The quantitative estimate of drug-likeness (QED) is 0.681. The van der Waals surface area contributed by atoms with Crippen molar-refractivity contribution in [3.63, 3.8) is 0 Å². The van der Waals surface area contributed by atoms with Gasteiger partial charge in [0.15, 0.2) is 5.69 Å². The Morgan fingerprint density at radius 1 is 1.19 bits per heavy atom. The number of aromatic nitrogens is 2. The molecule has 7 nitrogen and oxygen atoms in total. The number of nitrogens with zero attached hydrogens (tertiary/aromatic N) is 2. The van der Waals surface area contributed by atoms with Gasteiger partial charge in [-0.2, -0.15) is 5.10 Å². The van der Waals surface area contributed by atoms with Crippen molar-refractivity contribution in [3.8, 4) is 0 Å². The molecule has 0 saturated heterocycles. The number of anilines is 1. The largest absolute Gasteiger partial charge is 0.476 e. The summed E-state index contributed by atoms with van der Waals surface area (Å²) < 4.78 is 1.57. The van der Waals surface area contributed by atoms with Crippen LogP contribution in [0.3, 0.4) is 0 Å². The number of hydrogen-bond acceptors (Lipinski definition) is 4. The summed E-state index contributed by atoms with van der Waals surface area (Å²) in [5.74, 6) is -1.76. The Labute approximate surface area is 156 Å². The zero-order chi connectivity index (χ0) is 18.8. The highest BCUT2D eigenvalue weighted by Gasteiger charge is 2.17. The predicted octanol–water partition coefficient (Wildman–Crippen LogP) is 2.80. The molecule has 1 heterocycles. The Balaban J connectivity index is 1.95. The summed E-state index contributed by atoms with van der Waals surface area (Å²) in [4.78, 5) is 36.3. The fraction of sp³-hybridized carbons (Fsp3) is 0.111. The summed E-state index contributed by atoms with van der Waals surface area (Å²) in [6, 6.07) is 11.7. The van der Waals surface area contributed by atoms with Gasteiger partial charge >= 0.3 is 5.97 Å². The van der Waals surface area contributed by atoms with E-state index in [9.17, 15) is 19.5 Å². The summed E-state index contributed by atoms with van der Waals surface area (Å²) in [6.07, 6.45) is 0. The van der Waals surface area contributed by atoms with Gasteiger partial charge in [0, 0.05) is 9.86 Å². The number of rotatable bonds is 4. The van der Waals surface area contributed by atoms with Gasteiger partial charge in [-0.05, 0) is 46.6 Å². The molecule has 0 aliphatic rings. The van der Waals surface area contributed by atoms with E-state index in [4.69, 9.17) is 0 Å². The van der Waals surface area contributed by atoms with Crippen LogP contribution in [0.15, 0.2) is 51.7 Å². The number of benzene rings is 2. The molecule has 3 aromatic rings. The van der Waals surface area contributed by atoms with Crippen LogP contribution >= 0.6 is 15.9 Å². The Morgan fingerprint density at radius 3 is 2.54 bits per heavy atom. The number of amides is 1. The van der Waals surface area contributed by atoms with Crippen molar-refractivity contribution in [1.29, 1.82) is 0 Å². The van der Waals surface area contributed by atoms with Gasteiger partial charge in [-0.1, -0.05) is 24.3 Å². The van der Waals surface area contributed by atoms with Gasteiger partial charge in [-0.25, -0.2) is 9.48 Å². The van der Waals surface area contributed by atoms with E-state index in [1.807, 2.05) is 19.1 Å².